The van der Waals surface area contributed by atoms with Crippen molar-refractivity contribution in [3.63, 3.8) is 0 Å². The molecule has 4 aromatic rings. The van der Waals surface area contributed by atoms with Gasteiger partial charge in [0.15, 0.2) is 6.61 Å². The number of amides is 2. The van der Waals surface area contributed by atoms with Crippen molar-refractivity contribution < 1.29 is 27.2 Å². The number of rotatable bonds is 12. The van der Waals surface area contributed by atoms with E-state index in [1.165, 1.54) is 24.6 Å². The molecule has 4 rings (SSSR count). The molecule has 0 atom stereocenters. The van der Waals surface area contributed by atoms with Gasteiger partial charge < -0.3 is 14.5 Å². The fraction of sp³-hybridized carbons (Fsp3) is 0.107. The van der Waals surface area contributed by atoms with Crippen LogP contribution in [-0.4, -0.2) is 43.9 Å². The van der Waals surface area contributed by atoms with E-state index in [1.807, 2.05) is 18.2 Å². The minimum Gasteiger partial charge on any atom is -0.484 e. The molecule has 0 radical (unpaired) electrons. The molecule has 0 aliphatic rings. The SMILES string of the molecule is O=C(CN(Cc1ccco1)S(=O)(=O)c1ccccc1)N/N=C/c1ccc(OCC(=O)Nc2ccccc2)cc1. The Morgan fingerprint density at radius 1 is 0.872 bits per heavy atom. The summed E-state index contributed by atoms with van der Waals surface area (Å²) in [4.78, 5) is 24.6. The van der Waals surface area contributed by atoms with E-state index in [9.17, 15) is 18.0 Å². The van der Waals surface area contributed by atoms with Gasteiger partial charge in [0.2, 0.25) is 10.0 Å². The van der Waals surface area contributed by atoms with Gasteiger partial charge in [-0.05, 0) is 66.2 Å². The second-order valence-electron chi connectivity index (χ2n) is 8.23. The maximum atomic E-state index is 13.1. The van der Waals surface area contributed by atoms with Gasteiger partial charge in [-0.25, -0.2) is 13.8 Å². The fourth-order valence-electron chi connectivity index (χ4n) is 3.44. The van der Waals surface area contributed by atoms with Crippen molar-refractivity contribution in [2.24, 2.45) is 5.10 Å². The summed E-state index contributed by atoms with van der Waals surface area (Å²) >= 11 is 0. The molecule has 0 saturated carbocycles. The number of para-hydroxylation sites is 1. The third-order valence-electron chi connectivity index (χ3n) is 5.32. The Hall–Kier alpha value is -4.74. The summed E-state index contributed by atoms with van der Waals surface area (Å²) in [5.41, 5.74) is 3.69. The van der Waals surface area contributed by atoms with Crippen LogP contribution in [0.5, 0.6) is 5.75 Å². The van der Waals surface area contributed by atoms with Gasteiger partial charge in [0.1, 0.15) is 11.5 Å². The Balaban J connectivity index is 1.30. The second-order valence-corrected chi connectivity index (χ2v) is 10.2. The number of carbonyl (C=O) groups is 2. The molecule has 1 aromatic heterocycles. The van der Waals surface area contributed by atoms with Crippen molar-refractivity contribution in [2.75, 3.05) is 18.5 Å². The molecule has 0 spiro atoms. The van der Waals surface area contributed by atoms with Crippen LogP contribution < -0.4 is 15.5 Å². The Morgan fingerprint density at radius 2 is 1.56 bits per heavy atom. The number of furan rings is 1. The average molecular weight is 547 g/mol. The van der Waals surface area contributed by atoms with Crippen LogP contribution in [0.2, 0.25) is 0 Å². The Kier molecular flexibility index (Phi) is 9.22. The molecule has 200 valence electrons. The molecule has 0 aliphatic heterocycles. The predicted octanol–water partition coefficient (Wildman–Crippen LogP) is 3.64. The maximum Gasteiger partial charge on any atom is 0.262 e. The quantitative estimate of drug-likeness (QED) is 0.206. The Morgan fingerprint density at radius 3 is 2.23 bits per heavy atom. The summed E-state index contributed by atoms with van der Waals surface area (Å²) in [6.07, 6.45) is 2.84. The molecule has 3 aromatic carbocycles. The van der Waals surface area contributed by atoms with Crippen molar-refractivity contribution in [3.05, 3.63) is 115 Å². The van der Waals surface area contributed by atoms with Crippen molar-refractivity contribution in [3.8, 4) is 5.75 Å². The largest absolute Gasteiger partial charge is 0.484 e. The highest BCUT2D eigenvalue weighted by Gasteiger charge is 2.27. The lowest BCUT2D eigenvalue weighted by atomic mass is 10.2. The zero-order valence-electron chi connectivity index (χ0n) is 20.8. The third-order valence-corrected chi connectivity index (χ3v) is 7.13. The van der Waals surface area contributed by atoms with Gasteiger partial charge in [-0.2, -0.15) is 9.41 Å². The fourth-order valence-corrected chi connectivity index (χ4v) is 4.82. The van der Waals surface area contributed by atoms with Crippen molar-refractivity contribution in [1.29, 1.82) is 0 Å². The first-order valence-corrected chi connectivity index (χ1v) is 13.3. The van der Waals surface area contributed by atoms with Crippen LogP contribution >= 0.6 is 0 Å². The molecule has 0 saturated heterocycles. The first-order valence-electron chi connectivity index (χ1n) is 11.9. The van der Waals surface area contributed by atoms with E-state index in [4.69, 9.17) is 9.15 Å². The topological polar surface area (TPSA) is 130 Å². The Bertz CT molecular complexity index is 1490. The van der Waals surface area contributed by atoms with Crippen molar-refractivity contribution >= 4 is 33.7 Å². The molecule has 10 nitrogen and oxygen atoms in total. The number of carbonyl (C=O) groups excluding carboxylic acids is 2. The summed E-state index contributed by atoms with van der Waals surface area (Å²) in [5.74, 6) is -0.0311. The minimum atomic E-state index is -3.97. The molecule has 2 amide bonds. The molecule has 0 aliphatic carbocycles. The van der Waals surface area contributed by atoms with Crippen molar-refractivity contribution in [1.82, 2.24) is 9.73 Å². The number of sulfonamides is 1. The van der Waals surface area contributed by atoms with E-state index in [2.05, 4.69) is 15.8 Å². The average Bonchev–Trinajstić information content (AvgIpc) is 3.47. The van der Waals surface area contributed by atoms with E-state index in [-0.39, 0.29) is 24.0 Å². The summed E-state index contributed by atoms with van der Waals surface area (Å²) in [5, 5.41) is 6.66. The number of hydrogen-bond acceptors (Lipinski definition) is 7. The summed E-state index contributed by atoms with van der Waals surface area (Å²) in [6.45, 7) is -0.738. The number of anilines is 1. The van der Waals surface area contributed by atoms with Gasteiger partial charge in [-0.15, -0.1) is 0 Å². The molecule has 11 heteroatoms. The summed E-state index contributed by atoms with van der Waals surface area (Å²) in [7, 11) is -3.97. The number of nitrogens with zero attached hydrogens (tertiary/aromatic N) is 2. The standard InChI is InChI=1S/C28H26N4O6S/c33-27(20-32(19-25-10-7-17-37-25)39(35,36)26-11-5-2-6-12-26)31-29-18-22-13-15-24(16-14-22)38-21-28(34)30-23-8-3-1-4-9-23/h1-18H,19-21H2,(H,30,34)(H,31,33)/b29-18+. The van der Waals surface area contributed by atoms with Crippen LogP contribution in [0.1, 0.15) is 11.3 Å². The van der Waals surface area contributed by atoms with Gasteiger partial charge in [0.05, 0.1) is 30.5 Å². The molecule has 0 fully saturated rings. The van der Waals surface area contributed by atoms with Gasteiger partial charge in [0.25, 0.3) is 11.8 Å². The van der Waals surface area contributed by atoms with Gasteiger partial charge in [0, 0.05) is 5.69 Å². The molecular weight excluding hydrogens is 520 g/mol. The van der Waals surface area contributed by atoms with Crippen LogP contribution in [0.3, 0.4) is 0 Å². The molecule has 0 unspecified atom stereocenters. The highest BCUT2D eigenvalue weighted by atomic mass is 32.2. The maximum absolute atomic E-state index is 13.1. The lowest BCUT2D eigenvalue weighted by Crippen LogP contribution is -2.38. The third kappa shape index (κ3) is 8.12. The number of nitrogens with one attached hydrogen (secondary N) is 2. The van der Waals surface area contributed by atoms with E-state index in [1.54, 1.807) is 66.7 Å². The lowest BCUT2D eigenvalue weighted by Gasteiger charge is -2.20. The number of ether oxygens (including phenoxy) is 1. The Labute approximate surface area is 226 Å². The second kappa shape index (κ2) is 13.2. The van der Waals surface area contributed by atoms with Crippen LogP contribution in [0.25, 0.3) is 0 Å². The highest BCUT2D eigenvalue weighted by Crippen LogP contribution is 2.18. The monoisotopic (exact) mass is 546 g/mol. The summed E-state index contributed by atoms with van der Waals surface area (Å²) in [6, 6.07) is 26.9. The molecular formula is C28H26N4O6S. The van der Waals surface area contributed by atoms with Crippen LogP contribution in [0.15, 0.2) is 118 Å². The van der Waals surface area contributed by atoms with Crippen LogP contribution in [0, 0.1) is 0 Å². The van der Waals surface area contributed by atoms with Gasteiger partial charge >= 0.3 is 0 Å². The van der Waals surface area contributed by atoms with E-state index >= 15 is 0 Å². The minimum absolute atomic E-state index is 0.0627. The lowest BCUT2D eigenvalue weighted by molar-refractivity contribution is -0.121. The van der Waals surface area contributed by atoms with E-state index in [0.717, 1.165) is 4.31 Å². The highest BCUT2D eigenvalue weighted by molar-refractivity contribution is 7.89. The molecule has 1 heterocycles. The number of hydrogen-bond donors (Lipinski definition) is 2. The molecule has 0 bridgehead atoms. The van der Waals surface area contributed by atoms with Crippen LogP contribution in [0.4, 0.5) is 5.69 Å². The molecule has 39 heavy (non-hydrogen) atoms. The van der Waals surface area contributed by atoms with Crippen molar-refractivity contribution in [2.45, 2.75) is 11.4 Å². The van der Waals surface area contributed by atoms with E-state index in [0.29, 0.717) is 22.8 Å². The zero-order valence-corrected chi connectivity index (χ0v) is 21.6. The smallest absolute Gasteiger partial charge is 0.262 e. The number of benzene rings is 3. The first-order chi connectivity index (χ1) is 18.9. The molecule has 2 N–H and O–H groups in total. The van der Waals surface area contributed by atoms with E-state index < -0.39 is 22.5 Å². The predicted molar refractivity (Wildman–Crippen MR) is 145 cm³/mol. The van der Waals surface area contributed by atoms with Crippen LogP contribution in [-0.2, 0) is 26.2 Å². The zero-order chi connectivity index (χ0) is 27.5. The summed E-state index contributed by atoms with van der Waals surface area (Å²) < 4.78 is 38.1. The normalized spacial score (nSPS) is 11.4. The first kappa shape index (κ1) is 27.3. The van der Waals surface area contributed by atoms with Gasteiger partial charge in [-0.1, -0.05) is 36.4 Å². The number of hydrazone groups is 1. The van der Waals surface area contributed by atoms with Gasteiger partial charge in [-0.3, -0.25) is 9.59 Å².